The zero-order valence-electron chi connectivity index (χ0n) is 12.9. The second kappa shape index (κ2) is 6.31. The minimum atomic E-state index is -4.50. The van der Waals surface area contributed by atoms with Gasteiger partial charge in [0.2, 0.25) is 0 Å². The highest BCUT2D eigenvalue weighted by atomic mass is 19.4. The van der Waals surface area contributed by atoms with E-state index in [1.807, 2.05) is 17.8 Å². The third kappa shape index (κ3) is 3.30. The molecule has 1 fully saturated rings. The summed E-state index contributed by atoms with van der Waals surface area (Å²) in [5.41, 5.74) is -0.988. The second-order valence-electron chi connectivity index (χ2n) is 5.75. The molecule has 0 aliphatic carbocycles. The van der Waals surface area contributed by atoms with E-state index in [-0.39, 0.29) is 17.6 Å². The van der Waals surface area contributed by atoms with E-state index in [0.29, 0.717) is 13.2 Å². The van der Waals surface area contributed by atoms with Gasteiger partial charge in [-0.2, -0.15) is 13.2 Å². The normalized spacial score (nSPS) is 21.2. The molecule has 2 aromatic heterocycles. The van der Waals surface area contributed by atoms with Crippen LogP contribution in [0.5, 0.6) is 0 Å². The predicted octanol–water partition coefficient (Wildman–Crippen LogP) is 2.27. The lowest BCUT2D eigenvalue weighted by Gasteiger charge is -2.18. The van der Waals surface area contributed by atoms with Crippen molar-refractivity contribution in [1.82, 2.24) is 19.9 Å². The summed E-state index contributed by atoms with van der Waals surface area (Å²) in [6.07, 6.45) is 0.553. The number of amides is 1. The van der Waals surface area contributed by atoms with Gasteiger partial charge in [-0.05, 0) is 12.5 Å². The summed E-state index contributed by atoms with van der Waals surface area (Å²) >= 11 is 0. The number of nitrogens with zero attached hydrogens (tertiary/aromatic N) is 2. The maximum Gasteiger partial charge on any atom is 0.431 e. The molecule has 1 aliphatic rings. The highest BCUT2D eigenvalue weighted by Gasteiger charge is 2.34. The number of halogens is 3. The lowest BCUT2D eigenvalue weighted by Crippen LogP contribution is -2.31. The summed E-state index contributed by atoms with van der Waals surface area (Å²) in [4.78, 5) is 18.4. The molecule has 3 heterocycles. The van der Waals surface area contributed by atoms with E-state index in [1.54, 1.807) is 6.20 Å². The third-order valence-electron chi connectivity index (χ3n) is 4.10. The first-order chi connectivity index (χ1) is 11.4. The van der Waals surface area contributed by atoms with E-state index in [9.17, 15) is 18.0 Å². The van der Waals surface area contributed by atoms with Crippen LogP contribution in [0.1, 0.15) is 34.4 Å². The van der Waals surface area contributed by atoms with Gasteiger partial charge in [0.15, 0.2) is 0 Å². The van der Waals surface area contributed by atoms with Gasteiger partial charge < -0.3 is 19.6 Å². The van der Waals surface area contributed by atoms with Gasteiger partial charge in [-0.15, -0.1) is 0 Å². The van der Waals surface area contributed by atoms with Gasteiger partial charge in [0, 0.05) is 44.7 Å². The zero-order chi connectivity index (χ0) is 17.3. The van der Waals surface area contributed by atoms with Crippen molar-refractivity contribution in [3.63, 3.8) is 0 Å². The summed E-state index contributed by atoms with van der Waals surface area (Å²) in [5.74, 6) is 0.246. The molecule has 1 amide bonds. The molecule has 2 aromatic rings. The van der Waals surface area contributed by atoms with Gasteiger partial charge in [-0.3, -0.25) is 4.79 Å². The summed E-state index contributed by atoms with van der Waals surface area (Å²) in [7, 11) is 1.86. The van der Waals surface area contributed by atoms with Crippen molar-refractivity contribution in [2.45, 2.75) is 18.7 Å². The Morgan fingerprint density at radius 1 is 1.54 bits per heavy atom. The van der Waals surface area contributed by atoms with E-state index < -0.39 is 17.8 Å². The number of H-pyrrole nitrogens is 1. The smallest absolute Gasteiger partial charge is 0.370 e. The van der Waals surface area contributed by atoms with Crippen LogP contribution in [-0.2, 0) is 18.0 Å². The van der Waals surface area contributed by atoms with Gasteiger partial charge in [-0.25, -0.2) is 4.98 Å². The standard InChI is InChI=1S/C15H17F3N4O2/c1-22-4-3-19-13(22)12-9(2-5-24-12)7-21-14(23)10-6-11(20-8-10)15(16,17)18/h3-4,6,8-9,12,20H,2,5,7H2,1H3,(H,21,23)/t9-,12+/m0/s1. The fourth-order valence-corrected chi connectivity index (χ4v) is 2.79. The van der Waals surface area contributed by atoms with Crippen molar-refractivity contribution in [3.05, 3.63) is 41.7 Å². The molecule has 9 heteroatoms. The minimum Gasteiger partial charge on any atom is -0.370 e. The molecule has 2 N–H and O–H groups in total. The molecule has 0 bridgehead atoms. The molecule has 0 radical (unpaired) electrons. The lowest BCUT2D eigenvalue weighted by atomic mass is 10.0. The van der Waals surface area contributed by atoms with Crippen LogP contribution in [0.2, 0.25) is 0 Å². The number of aromatic nitrogens is 3. The highest BCUT2D eigenvalue weighted by molar-refractivity contribution is 5.94. The van der Waals surface area contributed by atoms with E-state index >= 15 is 0 Å². The molecule has 0 unspecified atom stereocenters. The summed E-state index contributed by atoms with van der Waals surface area (Å²) in [5, 5.41) is 2.67. The number of alkyl halides is 3. The number of hydrogen-bond donors (Lipinski definition) is 2. The van der Waals surface area contributed by atoms with Gasteiger partial charge in [-0.1, -0.05) is 0 Å². The third-order valence-corrected chi connectivity index (χ3v) is 4.10. The van der Waals surface area contributed by atoms with Gasteiger partial charge in [0.05, 0.1) is 5.56 Å². The zero-order valence-corrected chi connectivity index (χ0v) is 12.9. The molecule has 0 spiro atoms. The average Bonchev–Trinajstić information content (AvgIpc) is 3.23. The summed E-state index contributed by atoms with van der Waals surface area (Å²) in [6, 6.07) is 0.802. The van der Waals surface area contributed by atoms with Crippen LogP contribution in [0.15, 0.2) is 24.7 Å². The number of hydrogen-bond acceptors (Lipinski definition) is 3. The number of aromatic amines is 1. The number of carbonyl (C=O) groups is 1. The number of rotatable bonds is 4. The Hall–Kier alpha value is -2.29. The second-order valence-corrected chi connectivity index (χ2v) is 5.75. The minimum absolute atomic E-state index is 0.0241. The Morgan fingerprint density at radius 3 is 2.96 bits per heavy atom. The highest BCUT2D eigenvalue weighted by Crippen LogP contribution is 2.33. The van der Waals surface area contributed by atoms with Crippen LogP contribution in [-0.4, -0.2) is 33.6 Å². The van der Waals surface area contributed by atoms with Gasteiger partial charge >= 0.3 is 6.18 Å². The van der Waals surface area contributed by atoms with Crippen molar-refractivity contribution in [3.8, 4) is 0 Å². The summed E-state index contributed by atoms with van der Waals surface area (Å²) in [6.45, 7) is 0.864. The summed E-state index contributed by atoms with van der Waals surface area (Å²) < 4.78 is 45.2. The first-order valence-corrected chi connectivity index (χ1v) is 7.49. The molecule has 2 atom stereocenters. The average molecular weight is 342 g/mol. The quantitative estimate of drug-likeness (QED) is 0.895. The van der Waals surface area contributed by atoms with E-state index in [2.05, 4.69) is 15.3 Å². The molecular formula is C15H17F3N4O2. The number of ether oxygens (including phenoxy) is 1. The monoisotopic (exact) mass is 342 g/mol. The fourth-order valence-electron chi connectivity index (χ4n) is 2.79. The maximum absolute atomic E-state index is 12.6. The molecule has 130 valence electrons. The SMILES string of the molecule is Cn1ccnc1[C@@H]1OCC[C@H]1CNC(=O)c1c[nH]c(C(F)(F)F)c1. The fraction of sp³-hybridized carbons (Fsp3) is 0.467. The molecule has 1 saturated heterocycles. The van der Waals surface area contributed by atoms with E-state index in [0.717, 1.165) is 24.5 Å². The number of aryl methyl sites for hydroxylation is 1. The largest absolute Gasteiger partial charge is 0.431 e. The number of nitrogens with one attached hydrogen (secondary N) is 2. The first-order valence-electron chi connectivity index (χ1n) is 7.49. The predicted molar refractivity (Wildman–Crippen MR) is 78.1 cm³/mol. The Morgan fingerprint density at radius 2 is 2.33 bits per heavy atom. The molecule has 0 aromatic carbocycles. The van der Waals surface area contributed by atoms with E-state index in [4.69, 9.17) is 4.74 Å². The van der Waals surface area contributed by atoms with E-state index in [1.165, 1.54) is 0 Å². The molecule has 0 saturated carbocycles. The molecular weight excluding hydrogens is 325 g/mol. The topological polar surface area (TPSA) is 71.9 Å². The first kappa shape index (κ1) is 16.6. The van der Waals surface area contributed by atoms with Crippen molar-refractivity contribution in [2.75, 3.05) is 13.2 Å². The van der Waals surface area contributed by atoms with Crippen LogP contribution in [0, 0.1) is 5.92 Å². The van der Waals surface area contributed by atoms with Crippen molar-refractivity contribution in [1.29, 1.82) is 0 Å². The Bertz CT molecular complexity index is 722. The van der Waals surface area contributed by atoms with Crippen LogP contribution in [0.25, 0.3) is 0 Å². The Kier molecular flexibility index (Phi) is 4.35. The van der Waals surface area contributed by atoms with Crippen LogP contribution in [0.3, 0.4) is 0 Å². The van der Waals surface area contributed by atoms with Crippen molar-refractivity contribution < 1.29 is 22.7 Å². The van der Waals surface area contributed by atoms with Crippen LogP contribution in [0.4, 0.5) is 13.2 Å². The van der Waals surface area contributed by atoms with Gasteiger partial charge in [0.25, 0.3) is 5.91 Å². The van der Waals surface area contributed by atoms with Crippen LogP contribution >= 0.6 is 0 Å². The number of carbonyl (C=O) groups excluding carboxylic acids is 1. The van der Waals surface area contributed by atoms with Crippen molar-refractivity contribution in [2.24, 2.45) is 13.0 Å². The van der Waals surface area contributed by atoms with Crippen molar-refractivity contribution >= 4 is 5.91 Å². The molecule has 3 rings (SSSR count). The molecule has 1 aliphatic heterocycles. The number of imidazole rings is 1. The Labute approximate surface area is 136 Å². The van der Waals surface area contributed by atoms with Crippen LogP contribution < -0.4 is 5.32 Å². The Balaban J connectivity index is 1.62. The lowest BCUT2D eigenvalue weighted by molar-refractivity contribution is -0.140. The maximum atomic E-state index is 12.6. The molecule has 24 heavy (non-hydrogen) atoms. The molecule has 6 nitrogen and oxygen atoms in total. The van der Waals surface area contributed by atoms with Gasteiger partial charge in [0.1, 0.15) is 17.6 Å².